The first-order valence-electron chi connectivity index (χ1n) is 7.28. The first kappa shape index (κ1) is 17.0. The zero-order chi connectivity index (χ0) is 15.7. The second kappa shape index (κ2) is 9.00. The number of carbonyl (C=O) groups excluding carboxylic acids is 1. The molecule has 0 fully saturated rings. The second-order valence-electron chi connectivity index (χ2n) is 4.94. The number of amides is 1. The van der Waals surface area contributed by atoms with Crippen molar-refractivity contribution < 1.29 is 19.4 Å². The van der Waals surface area contributed by atoms with Gasteiger partial charge in [0.2, 0.25) is 0 Å². The molecule has 0 aromatic heterocycles. The third kappa shape index (κ3) is 6.79. The number of hydrogen-bond acceptors (Lipinski definition) is 3. The highest BCUT2D eigenvalue weighted by Gasteiger charge is 2.15. The van der Waals surface area contributed by atoms with Crippen molar-refractivity contribution in [2.75, 3.05) is 6.61 Å². The molecule has 2 N–H and O–H groups in total. The Balaban J connectivity index is 2.46. The molecule has 0 aliphatic carbocycles. The fourth-order valence-corrected chi connectivity index (χ4v) is 2.06. The standard InChI is InChI=1S/C16H23NO4/c1-3-6-13(10-16(19)20)17-15(18)11-21-14-8-5-7-12(4-2)9-14/h5,7-9,13H,3-4,6,10-11H2,1-2H3,(H,17,18)(H,19,20). The molecule has 0 saturated heterocycles. The summed E-state index contributed by atoms with van der Waals surface area (Å²) in [6, 6.07) is 7.24. The highest BCUT2D eigenvalue weighted by atomic mass is 16.5. The SMILES string of the molecule is CCCC(CC(=O)O)NC(=O)COc1cccc(CC)c1. The van der Waals surface area contributed by atoms with E-state index in [4.69, 9.17) is 9.84 Å². The Kier molecular flexibility index (Phi) is 7.29. The summed E-state index contributed by atoms with van der Waals surface area (Å²) in [5.74, 6) is -0.559. The zero-order valence-corrected chi connectivity index (χ0v) is 12.6. The van der Waals surface area contributed by atoms with Crippen molar-refractivity contribution in [1.82, 2.24) is 5.32 Å². The summed E-state index contributed by atoms with van der Waals surface area (Å²) >= 11 is 0. The Hall–Kier alpha value is -2.04. The predicted molar refractivity (Wildman–Crippen MR) is 80.4 cm³/mol. The van der Waals surface area contributed by atoms with E-state index in [2.05, 4.69) is 5.32 Å². The van der Waals surface area contributed by atoms with Gasteiger partial charge in [-0.05, 0) is 30.5 Å². The van der Waals surface area contributed by atoms with Crippen molar-refractivity contribution in [3.63, 3.8) is 0 Å². The van der Waals surface area contributed by atoms with Crippen LogP contribution < -0.4 is 10.1 Å². The Labute approximate surface area is 125 Å². The van der Waals surface area contributed by atoms with Crippen LogP contribution in [0.25, 0.3) is 0 Å². The van der Waals surface area contributed by atoms with Crippen LogP contribution in [0.3, 0.4) is 0 Å². The van der Waals surface area contributed by atoms with Crippen molar-refractivity contribution >= 4 is 11.9 Å². The van der Waals surface area contributed by atoms with Crippen molar-refractivity contribution in [2.24, 2.45) is 0 Å². The van der Waals surface area contributed by atoms with E-state index in [1.165, 1.54) is 0 Å². The largest absolute Gasteiger partial charge is 0.484 e. The Bertz CT molecular complexity index is 473. The molecule has 1 rings (SSSR count). The number of carbonyl (C=O) groups is 2. The normalized spacial score (nSPS) is 11.7. The summed E-state index contributed by atoms with van der Waals surface area (Å²) in [6.07, 6.45) is 2.30. The minimum Gasteiger partial charge on any atom is -0.484 e. The molecule has 0 bridgehead atoms. The molecule has 1 atom stereocenters. The molecule has 1 unspecified atom stereocenters. The van der Waals surface area contributed by atoms with Gasteiger partial charge in [0, 0.05) is 6.04 Å². The lowest BCUT2D eigenvalue weighted by molar-refractivity contribution is -0.137. The number of aryl methyl sites for hydroxylation is 1. The minimum absolute atomic E-state index is 0.0646. The number of benzene rings is 1. The van der Waals surface area contributed by atoms with Crippen LogP contribution in [0, 0.1) is 0 Å². The molecule has 5 nitrogen and oxygen atoms in total. The summed E-state index contributed by atoms with van der Waals surface area (Å²) in [4.78, 5) is 22.5. The van der Waals surface area contributed by atoms with Gasteiger partial charge in [-0.3, -0.25) is 9.59 Å². The number of nitrogens with one attached hydrogen (secondary N) is 1. The van der Waals surface area contributed by atoms with Crippen molar-refractivity contribution in [3.05, 3.63) is 29.8 Å². The van der Waals surface area contributed by atoms with E-state index in [1.807, 2.05) is 32.0 Å². The number of carboxylic acids is 1. The maximum atomic E-state index is 11.8. The Morgan fingerprint density at radius 1 is 1.33 bits per heavy atom. The van der Waals surface area contributed by atoms with Gasteiger partial charge in [-0.1, -0.05) is 32.4 Å². The third-order valence-corrected chi connectivity index (χ3v) is 3.10. The first-order chi connectivity index (χ1) is 10.0. The van der Waals surface area contributed by atoms with Crippen LogP contribution >= 0.6 is 0 Å². The Morgan fingerprint density at radius 2 is 2.10 bits per heavy atom. The fourth-order valence-electron chi connectivity index (χ4n) is 2.06. The van der Waals surface area contributed by atoms with Crippen LogP contribution in [0.2, 0.25) is 0 Å². The molecule has 0 aliphatic heterocycles. The summed E-state index contributed by atoms with van der Waals surface area (Å²) in [5.41, 5.74) is 1.14. The summed E-state index contributed by atoms with van der Waals surface area (Å²) in [6.45, 7) is 3.90. The zero-order valence-electron chi connectivity index (χ0n) is 12.6. The smallest absolute Gasteiger partial charge is 0.305 e. The Morgan fingerprint density at radius 3 is 2.71 bits per heavy atom. The molecular weight excluding hydrogens is 270 g/mol. The lowest BCUT2D eigenvalue weighted by atomic mass is 10.1. The lowest BCUT2D eigenvalue weighted by Crippen LogP contribution is -2.39. The molecule has 21 heavy (non-hydrogen) atoms. The van der Waals surface area contributed by atoms with Crippen LogP contribution in [-0.4, -0.2) is 29.6 Å². The molecule has 0 aliphatic rings. The third-order valence-electron chi connectivity index (χ3n) is 3.10. The molecule has 0 radical (unpaired) electrons. The molecule has 0 spiro atoms. The van der Waals surface area contributed by atoms with E-state index >= 15 is 0 Å². The van der Waals surface area contributed by atoms with E-state index in [0.717, 1.165) is 18.4 Å². The van der Waals surface area contributed by atoms with Crippen LogP contribution in [0.5, 0.6) is 5.75 Å². The van der Waals surface area contributed by atoms with Gasteiger partial charge in [-0.15, -0.1) is 0 Å². The molecule has 1 amide bonds. The van der Waals surface area contributed by atoms with Crippen molar-refractivity contribution in [3.8, 4) is 5.75 Å². The van der Waals surface area contributed by atoms with Gasteiger partial charge in [-0.25, -0.2) is 0 Å². The lowest BCUT2D eigenvalue weighted by Gasteiger charge is -2.16. The summed E-state index contributed by atoms with van der Waals surface area (Å²) < 4.78 is 5.43. The summed E-state index contributed by atoms with van der Waals surface area (Å²) in [7, 11) is 0. The van der Waals surface area contributed by atoms with Crippen LogP contribution in [0.15, 0.2) is 24.3 Å². The van der Waals surface area contributed by atoms with Gasteiger partial charge in [0.25, 0.3) is 5.91 Å². The highest BCUT2D eigenvalue weighted by molar-refractivity contribution is 5.78. The number of carboxylic acid groups (broad SMARTS) is 1. The quantitative estimate of drug-likeness (QED) is 0.733. The van der Waals surface area contributed by atoms with E-state index < -0.39 is 5.97 Å². The molecular formula is C16H23NO4. The number of hydrogen-bond donors (Lipinski definition) is 2. The molecule has 5 heteroatoms. The van der Waals surface area contributed by atoms with Crippen LogP contribution in [0.1, 0.15) is 38.7 Å². The van der Waals surface area contributed by atoms with Gasteiger partial charge in [-0.2, -0.15) is 0 Å². The molecule has 0 heterocycles. The maximum Gasteiger partial charge on any atom is 0.305 e. The van der Waals surface area contributed by atoms with Gasteiger partial charge in [0.05, 0.1) is 6.42 Å². The average molecular weight is 293 g/mol. The average Bonchev–Trinajstić information content (AvgIpc) is 2.45. The first-order valence-corrected chi connectivity index (χ1v) is 7.28. The number of ether oxygens (including phenoxy) is 1. The monoisotopic (exact) mass is 293 g/mol. The topological polar surface area (TPSA) is 75.6 Å². The van der Waals surface area contributed by atoms with Gasteiger partial charge >= 0.3 is 5.97 Å². The molecule has 1 aromatic carbocycles. The number of rotatable bonds is 9. The van der Waals surface area contributed by atoms with E-state index in [0.29, 0.717) is 12.2 Å². The van der Waals surface area contributed by atoms with E-state index in [9.17, 15) is 9.59 Å². The molecule has 0 saturated carbocycles. The van der Waals surface area contributed by atoms with Crippen LogP contribution in [0.4, 0.5) is 0 Å². The fraction of sp³-hybridized carbons (Fsp3) is 0.500. The second-order valence-corrected chi connectivity index (χ2v) is 4.94. The number of aliphatic carboxylic acids is 1. The summed E-state index contributed by atoms with van der Waals surface area (Å²) in [5, 5.41) is 11.5. The minimum atomic E-state index is -0.912. The van der Waals surface area contributed by atoms with Gasteiger partial charge in [0.1, 0.15) is 5.75 Å². The molecule has 1 aromatic rings. The van der Waals surface area contributed by atoms with Crippen molar-refractivity contribution in [2.45, 2.75) is 45.6 Å². The van der Waals surface area contributed by atoms with Gasteiger partial charge in [0.15, 0.2) is 6.61 Å². The van der Waals surface area contributed by atoms with E-state index in [-0.39, 0.29) is 25.0 Å². The predicted octanol–water partition coefficient (Wildman–Crippen LogP) is 2.39. The van der Waals surface area contributed by atoms with Gasteiger partial charge < -0.3 is 15.2 Å². The highest BCUT2D eigenvalue weighted by Crippen LogP contribution is 2.13. The van der Waals surface area contributed by atoms with E-state index in [1.54, 1.807) is 6.07 Å². The maximum absolute atomic E-state index is 11.8. The molecule has 116 valence electrons. The van der Waals surface area contributed by atoms with Crippen molar-refractivity contribution in [1.29, 1.82) is 0 Å². The van der Waals surface area contributed by atoms with Crippen LogP contribution in [-0.2, 0) is 16.0 Å².